The maximum absolute atomic E-state index is 5.28. The summed E-state index contributed by atoms with van der Waals surface area (Å²) in [7, 11) is 1.81. The molecule has 88 valence electrons. The fraction of sp³-hybridized carbons (Fsp3) is 1.00. The molecule has 0 spiro atoms. The summed E-state index contributed by atoms with van der Waals surface area (Å²) in [6, 6.07) is 0.628. The van der Waals surface area contributed by atoms with Crippen molar-refractivity contribution >= 4 is 0 Å². The van der Waals surface area contributed by atoms with Gasteiger partial charge in [0, 0.05) is 13.2 Å². The van der Waals surface area contributed by atoms with Crippen LogP contribution in [0, 0.1) is 17.8 Å². The lowest BCUT2D eigenvalue weighted by atomic mass is 9.97. The molecule has 3 atom stereocenters. The van der Waals surface area contributed by atoms with Crippen LogP contribution in [0.1, 0.15) is 39.0 Å². The van der Waals surface area contributed by atoms with E-state index in [1.54, 1.807) is 0 Å². The van der Waals surface area contributed by atoms with Gasteiger partial charge in [-0.05, 0) is 43.6 Å². The fourth-order valence-electron chi connectivity index (χ4n) is 2.87. The molecule has 0 radical (unpaired) electrons. The molecule has 0 aromatic heterocycles. The van der Waals surface area contributed by atoms with Crippen molar-refractivity contribution in [2.24, 2.45) is 17.8 Å². The van der Waals surface area contributed by atoms with Crippen molar-refractivity contribution in [1.29, 1.82) is 0 Å². The van der Waals surface area contributed by atoms with E-state index in [9.17, 15) is 0 Å². The second-order valence-electron chi connectivity index (χ2n) is 5.48. The molecule has 15 heavy (non-hydrogen) atoms. The molecule has 0 heterocycles. The van der Waals surface area contributed by atoms with Crippen molar-refractivity contribution in [3.8, 4) is 0 Å². The molecule has 2 saturated carbocycles. The zero-order chi connectivity index (χ0) is 10.7. The Morgan fingerprint density at radius 3 is 2.60 bits per heavy atom. The van der Waals surface area contributed by atoms with Crippen LogP contribution in [0.15, 0.2) is 0 Å². The topological polar surface area (TPSA) is 21.3 Å². The van der Waals surface area contributed by atoms with Crippen LogP contribution < -0.4 is 5.32 Å². The van der Waals surface area contributed by atoms with Gasteiger partial charge < -0.3 is 10.1 Å². The van der Waals surface area contributed by atoms with Gasteiger partial charge in [0.25, 0.3) is 0 Å². The van der Waals surface area contributed by atoms with Crippen molar-refractivity contribution in [1.82, 2.24) is 5.32 Å². The third-order valence-electron chi connectivity index (χ3n) is 4.22. The zero-order valence-electron chi connectivity index (χ0n) is 10.2. The quantitative estimate of drug-likeness (QED) is 0.728. The highest BCUT2D eigenvalue weighted by atomic mass is 16.5. The molecule has 1 N–H and O–H groups in total. The molecule has 0 aromatic rings. The first-order valence-electron chi connectivity index (χ1n) is 6.53. The van der Waals surface area contributed by atoms with Crippen molar-refractivity contribution < 1.29 is 4.74 Å². The van der Waals surface area contributed by atoms with Crippen LogP contribution in [0.25, 0.3) is 0 Å². The molecule has 3 unspecified atom stereocenters. The number of nitrogens with one attached hydrogen (secondary N) is 1. The molecule has 2 fully saturated rings. The molecule has 0 aromatic carbocycles. The van der Waals surface area contributed by atoms with Gasteiger partial charge in [-0.3, -0.25) is 0 Å². The van der Waals surface area contributed by atoms with E-state index in [-0.39, 0.29) is 0 Å². The van der Waals surface area contributed by atoms with Gasteiger partial charge in [-0.1, -0.05) is 19.8 Å². The van der Waals surface area contributed by atoms with Crippen molar-refractivity contribution in [3.05, 3.63) is 0 Å². The summed E-state index contributed by atoms with van der Waals surface area (Å²) in [4.78, 5) is 0. The summed E-state index contributed by atoms with van der Waals surface area (Å²) in [6.45, 7) is 4.51. The van der Waals surface area contributed by atoms with E-state index in [1.807, 2.05) is 7.11 Å². The number of ether oxygens (including phenoxy) is 1. The molecular weight excluding hydrogens is 186 g/mol. The maximum Gasteiger partial charge on any atom is 0.0618 e. The van der Waals surface area contributed by atoms with Crippen LogP contribution in [0.2, 0.25) is 0 Å². The molecule has 0 saturated heterocycles. The first-order valence-corrected chi connectivity index (χ1v) is 6.53. The highest BCUT2D eigenvalue weighted by Gasteiger charge is 2.32. The van der Waals surface area contributed by atoms with Gasteiger partial charge in [0.15, 0.2) is 0 Å². The predicted octanol–water partition coefficient (Wildman–Crippen LogP) is 2.44. The minimum Gasteiger partial charge on any atom is -0.383 e. The number of methoxy groups -OCH3 is 1. The second kappa shape index (κ2) is 5.31. The Kier molecular flexibility index (Phi) is 4.04. The maximum atomic E-state index is 5.28. The van der Waals surface area contributed by atoms with Crippen LogP contribution in [-0.4, -0.2) is 26.3 Å². The lowest BCUT2D eigenvalue weighted by Gasteiger charge is -2.22. The summed E-state index contributed by atoms with van der Waals surface area (Å²) >= 11 is 0. The minimum atomic E-state index is 0.628. The standard InChI is InChI=1S/C13H25NO/c1-10-4-3-5-12(10)8-14-13(9-15-2)11-6-7-11/h10-14H,3-9H2,1-2H3. The smallest absolute Gasteiger partial charge is 0.0618 e. The van der Waals surface area contributed by atoms with E-state index in [4.69, 9.17) is 4.74 Å². The highest BCUT2D eigenvalue weighted by Crippen LogP contribution is 2.34. The summed E-state index contributed by atoms with van der Waals surface area (Å²) in [5.74, 6) is 2.75. The predicted molar refractivity (Wildman–Crippen MR) is 62.9 cm³/mol. The average molecular weight is 211 g/mol. The van der Waals surface area contributed by atoms with Crippen LogP contribution >= 0.6 is 0 Å². The number of rotatable bonds is 6. The largest absolute Gasteiger partial charge is 0.383 e. The molecule has 2 aliphatic carbocycles. The van der Waals surface area contributed by atoms with Crippen LogP contribution in [0.4, 0.5) is 0 Å². The van der Waals surface area contributed by atoms with E-state index < -0.39 is 0 Å². The van der Waals surface area contributed by atoms with Gasteiger partial charge in [-0.2, -0.15) is 0 Å². The van der Waals surface area contributed by atoms with Crippen LogP contribution in [-0.2, 0) is 4.74 Å². The average Bonchev–Trinajstić information content (AvgIpc) is 2.98. The first kappa shape index (κ1) is 11.4. The van der Waals surface area contributed by atoms with Gasteiger partial charge in [0.1, 0.15) is 0 Å². The molecule has 0 amide bonds. The van der Waals surface area contributed by atoms with Gasteiger partial charge in [0.2, 0.25) is 0 Å². The Labute approximate surface area is 93.8 Å². The molecule has 2 heteroatoms. The molecule has 0 aliphatic heterocycles. The zero-order valence-corrected chi connectivity index (χ0v) is 10.2. The van der Waals surface area contributed by atoms with Crippen LogP contribution in [0.3, 0.4) is 0 Å². The van der Waals surface area contributed by atoms with Gasteiger partial charge in [-0.25, -0.2) is 0 Å². The Morgan fingerprint density at radius 1 is 1.27 bits per heavy atom. The van der Waals surface area contributed by atoms with E-state index in [0.29, 0.717) is 6.04 Å². The van der Waals surface area contributed by atoms with Crippen molar-refractivity contribution in [2.75, 3.05) is 20.3 Å². The summed E-state index contributed by atoms with van der Waals surface area (Å²) < 4.78 is 5.28. The summed E-state index contributed by atoms with van der Waals surface area (Å²) in [5, 5.41) is 3.73. The van der Waals surface area contributed by atoms with Crippen molar-refractivity contribution in [2.45, 2.75) is 45.1 Å². The first-order chi connectivity index (χ1) is 7.31. The van der Waals surface area contributed by atoms with Crippen molar-refractivity contribution in [3.63, 3.8) is 0 Å². The normalized spacial score (nSPS) is 33.2. The molecule has 2 nitrogen and oxygen atoms in total. The number of hydrogen-bond acceptors (Lipinski definition) is 2. The van der Waals surface area contributed by atoms with E-state index in [2.05, 4.69) is 12.2 Å². The summed E-state index contributed by atoms with van der Waals surface area (Å²) in [6.07, 6.45) is 7.11. The lowest BCUT2D eigenvalue weighted by molar-refractivity contribution is 0.153. The molecular formula is C13H25NO. The Hall–Kier alpha value is -0.0800. The third-order valence-corrected chi connectivity index (χ3v) is 4.22. The Balaban J connectivity index is 1.70. The van der Waals surface area contributed by atoms with E-state index >= 15 is 0 Å². The third kappa shape index (κ3) is 3.18. The lowest BCUT2D eigenvalue weighted by Crippen LogP contribution is -2.38. The summed E-state index contributed by atoms with van der Waals surface area (Å²) in [5.41, 5.74) is 0. The fourth-order valence-corrected chi connectivity index (χ4v) is 2.87. The van der Waals surface area contributed by atoms with E-state index in [0.717, 1.165) is 24.4 Å². The SMILES string of the molecule is COCC(NCC1CCCC1C)C1CC1. The van der Waals surface area contributed by atoms with Crippen LogP contribution in [0.5, 0.6) is 0 Å². The van der Waals surface area contributed by atoms with Gasteiger partial charge in [-0.15, -0.1) is 0 Å². The molecule has 2 rings (SSSR count). The molecule has 0 bridgehead atoms. The number of hydrogen-bond donors (Lipinski definition) is 1. The monoisotopic (exact) mass is 211 g/mol. The van der Waals surface area contributed by atoms with Gasteiger partial charge in [0.05, 0.1) is 6.61 Å². The minimum absolute atomic E-state index is 0.628. The van der Waals surface area contributed by atoms with E-state index in [1.165, 1.54) is 38.6 Å². The molecule has 2 aliphatic rings. The second-order valence-corrected chi connectivity index (χ2v) is 5.48. The van der Waals surface area contributed by atoms with Gasteiger partial charge >= 0.3 is 0 Å². The Morgan fingerprint density at radius 2 is 2.07 bits per heavy atom. The Bertz CT molecular complexity index is 191. The highest BCUT2D eigenvalue weighted by molar-refractivity contribution is 4.87.